The number of nitrogens with one attached hydrogen (secondary N) is 1. The van der Waals surface area contributed by atoms with Gasteiger partial charge in [-0.1, -0.05) is 0 Å². The first-order chi connectivity index (χ1) is 12.1. The molecule has 6 heteroatoms. The molecule has 0 aliphatic carbocycles. The van der Waals surface area contributed by atoms with Crippen LogP contribution in [0.1, 0.15) is 30.6 Å². The first-order valence-corrected chi connectivity index (χ1v) is 8.62. The van der Waals surface area contributed by atoms with Crippen LogP contribution < -0.4 is 10.1 Å². The van der Waals surface area contributed by atoms with Crippen LogP contribution in [0.4, 0.5) is 5.69 Å². The van der Waals surface area contributed by atoms with Gasteiger partial charge in [0.1, 0.15) is 5.75 Å². The summed E-state index contributed by atoms with van der Waals surface area (Å²) in [5.41, 5.74) is 3.04. The molecular formula is C19H21N3O3. The molecule has 2 aromatic rings. The lowest BCUT2D eigenvalue weighted by atomic mass is 10.0. The lowest BCUT2D eigenvalue weighted by molar-refractivity contribution is -0.136. The molecule has 3 heterocycles. The van der Waals surface area contributed by atoms with Crippen molar-refractivity contribution >= 4 is 17.5 Å². The highest BCUT2D eigenvalue weighted by molar-refractivity contribution is 5.94. The molecule has 130 valence electrons. The standard InChI is InChI=1S/C19H21N3O3/c1-13-17-3-2-8-21(17)9-10-22(13)19(24)12-25-15-5-6-16-14(11-15)4-7-18(23)20-16/h2-3,5-6,8,11,13H,4,7,9-10,12H2,1H3,(H,20,23). The quantitative estimate of drug-likeness (QED) is 0.934. The van der Waals surface area contributed by atoms with Gasteiger partial charge in [0.25, 0.3) is 5.91 Å². The summed E-state index contributed by atoms with van der Waals surface area (Å²) in [6.45, 7) is 3.58. The summed E-state index contributed by atoms with van der Waals surface area (Å²) in [5, 5.41) is 2.84. The maximum atomic E-state index is 12.6. The van der Waals surface area contributed by atoms with Gasteiger partial charge in [-0.05, 0) is 49.2 Å². The highest BCUT2D eigenvalue weighted by Crippen LogP contribution is 2.28. The highest BCUT2D eigenvalue weighted by atomic mass is 16.5. The normalized spacial score (nSPS) is 19.0. The van der Waals surface area contributed by atoms with Gasteiger partial charge in [0.05, 0.1) is 6.04 Å². The fraction of sp³-hybridized carbons (Fsp3) is 0.368. The largest absolute Gasteiger partial charge is 0.484 e. The van der Waals surface area contributed by atoms with E-state index in [0.717, 1.165) is 23.5 Å². The summed E-state index contributed by atoms with van der Waals surface area (Å²) in [6, 6.07) is 9.67. The van der Waals surface area contributed by atoms with Crippen molar-refractivity contribution in [3.63, 3.8) is 0 Å². The Morgan fingerprint density at radius 2 is 2.16 bits per heavy atom. The number of anilines is 1. The molecule has 2 aliphatic heterocycles. The summed E-state index contributed by atoms with van der Waals surface area (Å²) in [7, 11) is 0. The topological polar surface area (TPSA) is 63.6 Å². The van der Waals surface area contributed by atoms with Crippen LogP contribution in [0.5, 0.6) is 5.75 Å². The van der Waals surface area contributed by atoms with Crippen LogP contribution in [0.3, 0.4) is 0 Å². The number of ether oxygens (including phenoxy) is 1. The van der Waals surface area contributed by atoms with Crippen molar-refractivity contribution in [1.29, 1.82) is 0 Å². The predicted octanol–water partition coefficient (Wildman–Crippen LogP) is 2.36. The molecule has 1 N–H and O–H groups in total. The van der Waals surface area contributed by atoms with Crippen molar-refractivity contribution in [2.45, 2.75) is 32.4 Å². The van der Waals surface area contributed by atoms with E-state index in [-0.39, 0.29) is 24.5 Å². The van der Waals surface area contributed by atoms with Gasteiger partial charge in [0, 0.05) is 37.1 Å². The Kier molecular flexibility index (Phi) is 3.95. The van der Waals surface area contributed by atoms with Crippen molar-refractivity contribution in [3.05, 3.63) is 47.8 Å². The number of benzene rings is 1. The Balaban J connectivity index is 1.40. The highest BCUT2D eigenvalue weighted by Gasteiger charge is 2.27. The summed E-state index contributed by atoms with van der Waals surface area (Å²) >= 11 is 0. The summed E-state index contributed by atoms with van der Waals surface area (Å²) < 4.78 is 7.91. The van der Waals surface area contributed by atoms with E-state index in [1.54, 1.807) is 6.07 Å². The van der Waals surface area contributed by atoms with Gasteiger partial charge in [-0.25, -0.2) is 0 Å². The molecule has 2 aliphatic rings. The van der Waals surface area contributed by atoms with Crippen molar-refractivity contribution < 1.29 is 14.3 Å². The minimum absolute atomic E-state index is 0.00836. The monoisotopic (exact) mass is 339 g/mol. The maximum Gasteiger partial charge on any atom is 0.261 e. The molecular weight excluding hydrogens is 318 g/mol. The van der Waals surface area contributed by atoms with Crippen LogP contribution in [-0.2, 0) is 22.6 Å². The number of aryl methyl sites for hydroxylation is 1. The number of fused-ring (bicyclic) bond motifs is 2. The third kappa shape index (κ3) is 2.99. The Labute approximate surface area is 146 Å². The van der Waals surface area contributed by atoms with Crippen LogP contribution in [0.15, 0.2) is 36.5 Å². The van der Waals surface area contributed by atoms with E-state index in [0.29, 0.717) is 25.1 Å². The number of aromatic nitrogens is 1. The van der Waals surface area contributed by atoms with Gasteiger partial charge < -0.3 is 19.5 Å². The Morgan fingerprint density at radius 1 is 1.28 bits per heavy atom. The molecule has 0 radical (unpaired) electrons. The smallest absolute Gasteiger partial charge is 0.261 e. The Morgan fingerprint density at radius 3 is 3.04 bits per heavy atom. The van der Waals surface area contributed by atoms with Gasteiger partial charge >= 0.3 is 0 Å². The molecule has 4 rings (SSSR count). The van der Waals surface area contributed by atoms with Crippen LogP contribution >= 0.6 is 0 Å². The van der Waals surface area contributed by atoms with Crippen LogP contribution in [0, 0.1) is 0 Å². The van der Waals surface area contributed by atoms with Gasteiger partial charge in [-0.15, -0.1) is 0 Å². The average Bonchev–Trinajstić information content (AvgIpc) is 3.09. The first kappa shape index (κ1) is 15.7. The zero-order valence-electron chi connectivity index (χ0n) is 14.2. The lowest BCUT2D eigenvalue weighted by Gasteiger charge is -2.34. The lowest BCUT2D eigenvalue weighted by Crippen LogP contribution is -2.42. The molecule has 25 heavy (non-hydrogen) atoms. The number of rotatable bonds is 3. The fourth-order valence-corrected chi connectivity index (χ4v) is 3.60. The van der Waals surface area contributed by atoms with E-state index in [2.05, 4.69) is 22.1 Å². The molecule has 0 bridgehead atoms. The minimum atomic E-state index is -0.00836. The van der Waals surface area contributed by atoms with E-state index in [4.69, 9.17) is 4.74 Å². The van der Waals surface area contributed by atoms with Crippen LogP contribution in [0.25, 0.3) is 0 Å². The first-order valence-electron chi connectivity index (χ1n) is 8.62. The van der Waals surface area contributed by atoms with E-state index >= 15 is 0 Å². The third-order valence-electron chi connectivity index (χ3n) is 5.00. The molecule has 0 saturated carbocycles. The molecule has 6 nitrogen and oxygen atoms in total. The Hall–Kier alpha value is -2.76. The average molecular weight is 339 g/mol. The SMILES string of the molecule is CC1c2cccn2CCN1C(=O)COc1ccc2c(c1)CCC(=O)N2. The minimum Gasteiger partial charge on any atom is -0.484 e. The molecule has 1 atom stereocenters. The fourth-order valence-electron chi connectivity index (χ4n) is 3.60. The van der Waals surface area contributed by atoms with Gasteiger partial charge in [-0.2, -0.15) is 0 Å². The second-order valence-electron chi connectivity index (χ2n) is 6.55. The number of hydrogen-bond donors (Lipinski definition) is 1. The molecule has 1 aromatic carbocycles. The van der Waals surface area contributed by atoms with E-state index in [1.807, 2.05) is 30.0 Å². The zero-order valence-corrected chi connectivity index (χ0v) is 14.2. The van der Waals surface area contributed by atoms with Crippen molar-refractivity contribution in [3.8, 4) is 5.75 Å². The molecule has 1 unspecified atom stereocenters. The molecule has 2 amide bonds. The maximum absolute atomic E-state index is 12.6. The number of carbonyl (C=O) groups is 2. The van der Waals surface area contributed by atoms with Crippen molar-refractivity contribution in [2.75, 3.05) is 18.5 Å². The van der Waals surface area contributed by atoms with Gasteiger partial charge in [-0.3, -0.25) is 9.59 Å². The summed E-state index contributed by atoms with van der Waals surface area (Å²) in [5.74, 6) is 0.697. The second-order valence-corrected chi connectivity index (χ2v) is 6.55. The van der Waals surface area contributed by atoms with Gasteiger partial charge in [0.2, 0.25) is 5.91 Å². The number of carbonyl (C=O) groups excluding carboxylic acids is 2. The zero-order chi connectivity index (χ0) is 17.4. The third-order valence-corrected chi connectivity index (χ3v) is 5.00. The van der Waals surface area contributed by atoms with Crippen LogP contribution in [-0.4, -0.2) is 34.4 Å². The molecule has 1 aromatic heterocycles. The molecule has 0 fully saturated rings. The molecule has 0 saturated heterocycles. The van der Waals surface area contributed by atoms with Crippen molar-refractivity contribution in [2.24, 2.45) is 0 Å². The molecule has 0 spiro atoms. The number of amides is 2. The number of nitrogens with zero attached hydrogens (tertiary/aromatic N) is 2. The Bertz CT molecular complexity index is 827. The van der Waals surface area contributed by atoms with E-state index in [1.165, 1.54) is 0 Å². The van der Waals surface area contributed by atoms with E-state index in [9.17, 15) is 9.59 Å². The van der Waals surface area contributed by atoms with Crippen molar-refractivity contribution in [1.82, 2.24) is 9.47 Å². The predicted molar refractivity (Wildman–Crippen MR) is 93.4 cm³/mol. The second kappa shape index (κ2) is 6.27. The van der Waals surface area contributed by atoms with Crippen LogP contribution in [0.2, 0.25) is 0 Å². The summed E-state index contributed by atoms with van der Waals surface area (Å²) in [6.07, 6.45) is 3.24. The number of hydrogen-bond acceptors (Lipinski definition) is 3. The summed E-state index contributed by atoms with van der Waals surface area (Å²) in [4.78, 5) is 25.9. The van der Waals surface area contributed by atoms with E-state index < -0.39 is 0 Å². The van der Waals surface area contributed by atoms with Gasteiger partial charge in [0.15, 0.2) is 6.61 Å².